The van der Waals surface area contributed by atoms with E-state index >= 15 is 0 Å². The zero-order valence-corrected chi connectivity index (χ0v) is 15.0. The normalized spacial score (nSPS) is 11.5. The van der Waals surface area contributed by atoms with Crippen LogP contribution in [-0.4, -0.2) is 23.8 Å². The molecule has 0 saturated heterocycles. The molecular weight excluding hydrogens is 365 g/mol. The summed E-state index contributed by atoms with van der Waals surface area (Å²) in [7, 11) is 0. The number of hydrogen-bond donors (Lipinski definition) is 1. The van der Waals surface area contributed by atoms with Crippen LogP contribution in [-0.2, 0) is 9.53 Å². The summed E-state index contributed by atoms with van der Waals surface area (Å²) in [6, 6.07) is 10.8. The van der Waals surface area contributed by atoms with Gasteiger partial charge in [0.05, 0.1) is 10.6 Å². The van der Waals surface area contributed by atoms with Crippen LogP contribution in [0.3, 0.4) is 0 Å². The number of benzene rings is 2. The van der Waals surface area contributed by atoms with E-state index in [9.17, 15) is 14.4 Å². The first-order valence-corrected chi connectivity index (χ1v) is 8.11. The van der Waals surface area contributed by atoms with Gasteiger partial charge in [-0.05, 0) is 44.2 Å². The molecule has 0 aliphatic heterocycles. The summed E-state index contributed by atoms with van der Waals surface area (Å²) in [5, 5.41) is 3.12. The Labute approximate surface area is 154 Å². The smallest absolute Gasteiger partial charge is 0.340 e. The maximum Gasteiger partial charge on any atom is 0.340 e. The Bertz CT molecular complexity index is 836. The molecule has 2 aromatic carbocycles. The number of carbonyl (C=O) groups excluding carboxylic acids is 3. The van der Waals surface area contributed by atoms with Crippen LogP contribution in [0.15, 0.2) is 42.5 Å². The number of carbonyl (C=O) groups is 3. The van der Waals surface area contributed by atoms with E-state index in [1.165, 1.54) is 32.0 Å². The summed E-state index contributed by atoms with van der Waals surface area (Å²) in [5.74, 6) is -1.38. The highest BCUT2D eigenvalue weighted by atomic mass is 35.5. The topological polar surface area (TPSA) is 72.5 Å². The zero-order chi connectivity index (χ0) is 18.6. The van der Waals surface area contributed by atoms with E-state index in [1.54, 1.807) is 24.3 Å². The zero-order valence-electron chi connectivity index (χ0n) is 13.5. The Kier molecular flexibility index (Phi) is 6.17. The fourth-order valence-corrected chi connectivity index (χ4v) is 2.48. The lowest BCUT2D eigenvalue weighted by atomic mass is 10.1. The number of rotatable bonds is 5. The van der Waals surface area contributed by atoms with Gasteiger partial charge in [0.15, 0.2) is 11.9 Å². The second-order valence-electron chi connectivity index (χ2n) is 5.30. The van der Waals surface area contributed by atoms with Crippen molar-refractivity contribution in [2.45, 2.75) is 20.0 Å². The third kappa shape index (κ3) is 5.05. The number of esters is 1. The summed E-state index contributed by atoms with van der Waals surface area (Å²) >= 11 is 11.7. The van der Waals surface area contributed by atoms with Crippen LogP contribution < -0.4 is 5.32 Å². The molecule has 7 heteroatoms. The lowest BCUT2D eigenvalue weighted by molar-refractivity contribution is -0.123. The molecule has 1 N–H and O–H groups in total. The highest BCUT2D eigenvalue weighted by Crippen LogP contribution is 2.22. The van der Waals surface area contributed by atoms with Crippen molar-refractivity contribution in [3.63, 3.8) is 0 Å². The highest BCUT2D eigenvalue weighted by Gasteiger charge is 2.21. The van der Waals surface area contributed by atoms with Gasteiger partial charge in [-0.25, -0.2) is 4.79 Å². The van der Waals surface area contributed by atoms with Crippen molar-refractivity contribution in [3.8, 4) is 0 Å². The maximum atomic E-state index is 12.2. The number of hydrogen-bond acceptors (Lipinski definition) is 4. The van der Waals surface area contributed by atoms with E-state index in [-0.39, 0.29) is 16.4 Å². The summed E-state index contributed by atoms with van der Waals surface area (Å²) < 4.78 is 5.12. The number of anilines is 1. The molecule has 1 atom stereocenters. The van der Waals surface area contributed by atoms with Crippen LogP contribution in [0.5, 0.6) is 0 Å². The minimum atomic E-state index is -1.06. The van der Waals surface area contributed by atoms with E-state index in [0.717, 1.165) is 0 Å². The maximum absolute atomic E-state index is 12.2. The summed E-state index contributed by atoms with van der Waals surface area (Å²) in [6.45, 7) is 2.87. The van der Waals surface area contributed by atoms with Crippen molar-refractivity contribution in [3.05, 3.63) is 63.6 Å². The van der Waals surface area contributed by atoms with E-state index in [2.05, 4.69) is 5.32 Å². The fraction of sp³-hybridized carbons (Fsp3) is 0.167. The van der Waals surface area contributed by atoms with Crippen LogP contribution in [0.4, 0.5) is 5.69 Å². The van der Waals surface area contributed by atoms with Crippen molar-refractivity contribution in [1.82, 2.24) is 0 Å². The predicted molar refractivity (Wildman–Crippen MR) is 96.4 cm³/mol. The largest absolute Gasteiger partial charge is 0.449 e. The van der Waals surface area contributed by atoms with Gasteiger partial charge >= 0.3 is 5.97 Å². The molecule has 2 aromatic rings. The van der Waals surface area contributed by atoms with Gasteiger partial charge < -0.3 is 10.1 Å². The molecule has 5 nitrogen and oxygen atoms in total. The Balaban J connectivity index is 2.03. The van der Waals surface area contributed by atoms with E-state index < -0.39 is 18.0 Å². The van der Waals surface area contributed by atoms with Gasteiger partial charge in [0.2, 0.25) is 0 Å². The Morgan fingerprint density at radius 3 is 2.44 bits per heavy atom. The first-order valence-electron chi connectivity index (χ1n) is 7.36. The second-order valence-corrected chi connectivity index (χ2v) is 6.14. The number of amides is 1. The SMILES string of the molecule is CC(=O)c1cccc(NC(=O)C(C)OC(=O)c2ccc(Cl)cc2Cl)c1. The lowest BCUT2D eigenvalue weighted by Crippen LogP contribution is -2.30. The molecule has 0 heterocycles. The first-order chi connectivity index (χ1) is 11.8. The number of halogens is 2. The van der Waals surface area contributed by atoms with Gasteiger partial charge in [-0.1, -0.05) is 35.3 Å². The lowest BCUT2D eigenvalue weighted by Gasteiger charge is -2.14. The Hall–Kier alpha value is -2.37. The standard InChI is InChI=1S/C18H15Cl2NO4/c1-10(22)12-4-3-5-14(8-12)21-17(23)11(2)25-18(24)15-7-6-13(19)9-16(15)20/h3-9,11H,1-2H3,(H,21,23). The summed E-state index contributed by atoms with van der Waals surface area (Å²) in [5.41, 5.74) is 1.02. The molecule has 25 heavy (non-hydrogen) atoms. The van der Waals surface area contributed by atoms with Crippen LogP contribution in [0.1, 0.15) is 34.6 Å². The average molecular weight is 380 g/mol. The van der Waals surface area contributed by atoms with Crippen LogP contribution in [0.2, 0.25) is 10.0 Å². The molecule has 0 radical (unpaired) electrons. The molecule has 0 aliphatic rings. The molecule has 130 valence electrons. The molecule has 0 aromatic heterocycles. The molecule has 0 aliphatic carbocycles. The van der Waals surface area contributed by atoms with Crippen LogP contribution in [0.25, 0.3) is 0 Å². The average Bonchev–Trinajstić information content (AvgIpc) is 2.54. The van der Waals surface area contributed by atoms with Gasteiger partial charge in [-0.2, -0.15) is 0 Å². The number of ether oxygens (including phenoxy) is 1. The third-order valence-electron chi connectivity index (χ3n) is 3.34. The second kappa shape index (κ2) is 8.14. The van der Waals surface area contributed by atoms with Crippen molar-refractivity contribution in [2.24, 2.45) is 0 Å². The van der Waals surface area contributed by atoms with Gasteiger partial charge in [0, 0.05) is 16.3 Å². The minimum absolute atomic E-state index is 0.115. The number of Topliss-reactive ketones (excluding diaryl/α,β-unsaturated/α-hetero) is 1. The van der Waals surface area contributed by atoms with Crippen molar-refractivity contribution < 1.29 is 19.1 Å². The number of nitrogens with one attached hydrogen (secondary N) is 1. The van der Waals surface area contributed by atoms with Crippen molar-refractivity contribution in [1.29, 1.82) is 0 Å². The first kappa shape index (κ1) is 19.0. The Morgan fingerprint density at radius 2 is 1.80 bits per heavy atom. The third-order valence-corrected chi connectivity index (χ3v) is 3.89. The van der Waals surface area contributed by atoms with Gasteiger partial charge in [0.25, 0.3) is 5.91 Å². The molecule has 2 rings (SSSR count). The van der Waals surface area contributed by atoms with Gasteiger partial charge in [0.1, 0.15) is 0 Å². The molecule has 0 fully saturated rings. The number of ketones is 1. The summed E-state index contributed by atoms with van der Waals surface area (Å²) in [6.07, 6.45) is -1.06. The van der Waals surface area contributed by atoms with E-state index in [1.807, 2.05) is 0 Å². The van der Waals surface area contributed by atoms with Crippen LogP contribution >= 0.6 is 23.2 Å². The molecular formula is C18H15Cl2NO4. The quantitative estimate of drug-likeness (QED) is 0.617. The fourth-order valence-electron chi connectivity index (χ4n) is 1.99. The molecule has 0 saturated carbocycles. The molecule has 0 spiro atoms. The Morgan fingerprint density at radius 1 is 1.08 bits per heavy atom. The molecule has 1 unspecified atom stereocenters. The molecule has 0 bridgehead atoms. The van der Waals surface area contributed by atoms with Crippen molar-refractivity contribution >= 4 is 46.5 Å². The highest BCUT2D eigenvalue weighted by molar-refractivity contribution is 6.36. The predicted octanol–water partition coefficient (Wildman–Crippen LogP) is 4.38. The van der Waals surface area contributed by atoms with Crippen molar-refractivity contribution in [2.75, 3.05) is 5.32 Å². The van der Waals surface area contributed by atoms with Gasteiger partial charge in [-0.3, -0.25) is 9.59 Å². The minimum Gasteiger partial charge on any atom is -0.449 e. The molecule has 1 amide bonds. The van der Waals surface area contributed by atoms with Gasteiger partial charge in [-0.15, -0.1) is 0 Å². The monoisotopic (exact) mass is 379 g/mol. The van der Waals surface area contributed by atoms with Crippen LogP contribution in [0, 0.1) is 0 Å². The van der Waals surface area contributed by atoms with E-state index in [4.69, 9.17) is 27.9 Å². The van der Waals surface area contributed by atoms with E-state index in [0.29, 0.717) is 16.3 Å². The summed E-state index contributed by atoms with van der Waals surface area (Å²) in [4.78, 5) is 35.7.